The summed E-state index contributed by atoms with van der Waals surface area (Å²) in [6.45, 7) is 9.31. The Labute approximate surface area is 321 Å². The number of carbonyl (C=O) groups excluding carboxylic acids is 2. The van der Waals surface area contributed by atoms with Gasteiger partial charge in [0.15, 0.2) is 18.9 Å². The molecule has 6 heterocycles. The number of aliphatic hydroxyl groups is 3. The van der Waals surface area contributed by atoms with Crippen LogP contribution in [-0.4, -0.2) is 126 Å². The number of ether oxygens (including phenoxy) is 10. The van der Waals surface area contributed by atoms with E-state index in [-0.39, 0.29) is 54.1 Å². The van der Waals surface area contributed by atoms with Gasteiger partial charge in [-0.25, -0.2) is 4.79 Å². The van der Waals surface area contributed by atoms with Crippen LogP contribution in [0.4, 0.5) is 0 Å². The number of carbonyl (C=O) groups is 2. The molecular weight excluding hydrogens is 720 g/mol. The Morgan fingerprint density at radius 2 is 1.44 bits per heavy atom. The van der Waals surface area contributed by atoms with Crippen LogP contribution >= 0.6 is 0 Å². The lowest BCUT2D eigenvalue weighted by Gasteiger charge is -2.50. The van der Waals surface area contributed by atoms with E-state index in [9.17, 15) is 24.9 Å². The summed E-state index contributed by atoms with van der Waals surface area (Å²) in [6, 6.07) is 0. The van der Waals surface area contributed by atoms with E-state index < -0.39 is 85.9 Å². The second-order valence-electron chi connectivity index (χ2n) is 17.3. The van der Waals surface area contributed by atoms with Gasteiger partial charge in [0.05, 0.1) is 54.6 Å². The fourth-order valence-electron chi connectivity index (χ4n) is 10.6. The third kappa shape index (κ3) is 7.45. The van der Waals surface area contributed by atoms with Crippen molar-refractivity contribution in [3.8, 4) is 0 Å². The van der Waals surface area contributed by atoms with E-state index in [2.05, 4.69) is 13.0 Å². The van der Waals surface area contributed by atoms with Crippen LogP contribution in [0.2, 0.25) is 0 Å². The molecule has 3 N–H and O–H groups in total. The summed E-state index contributed by atoms with van der Waals surface area (Å²) in [5.74, 6) is -2.43. The van der Waals surface area contributed by atoms with Crippen LogP contribution in [-0.2, 0) is 57.0 Å². The van der Waals surface area contributed by atoms with Gasteiger partial charge in [0.1, 0.15) is 18.3 Å². The van der Waals surface area contributed by atoms with Crippen molar-refractivity contribution in [1.29, 1.82) is 0 Å². The van der Waals surface area contributed by atoms with Gasteiger partial charge >= 0.3 is 11.9 Å². The average Bonchev–Trinajstić information content (AvgIpc) is 3.55. The first-order valence-electron chi connectivity index (χ1n) is 20.2. The quantitative estimate of drug-likeness (QED) is 0.253. The van der Waals surface area contributed by atoms with Gasteiger partial charge in [-0.15, -0.1) is 0 Å². The summed E-state index contributed by atoms with van der Waals surface area (Å²) in [5.41, 5.74) is 1.54. The first-order valence-corrected chi connectivity index (χ1v) is 20.2. The van der Waals surface area contributed by atoms with Crippen molar-refractivity contribution in [3.63, 3.8) is 0 Å². The number of methoxy groups -OCH3 is 1. The molecule has 2 aliphatic carbocycles. The molecule has 2 unspecified atom stereocenters. The molecule has 1 saturated carbocycles. The maximum atomic E-state index is 13.6. The minimum Gasteiger partial charge on any atom is -0.435 e. The molecule has 6 aliphatic heterocycles. The predicted molar refractivity (Wildman–Crippen MR) is 188 cm³/mol. The predicted octanol–water partition coefficient (Wildman–Crippen LogP) is 2.91. The SMILES string of the molecule is CO[C@@H]1C[C@@H](O[C@H]2[C@@H](O)C[C@H](O[C@H]3[C@H](O)C[C@H](O[C@H]4CC[C@@]5(C)C(=CC[C@H]6C(=O)OC7C[C@H]8/C(=C\C[C@@H]65)C(=O)OC8(C)O7)C4)O[C@@H]3C)O[C@@H]2C)O[C@@H](C)[C@@H]1O. The number of fused-ring (bicyclic) bond motifs is 4. The number of esters is 2. The molecule has 55 heavy (non-hydrogen) atoms. The minimum atomic E-state index is -1.11. The molecule has 2 bridgehead atoms. The Balaban J connectivity index is 0.851. The second kappa shape index (κ2) is 15.3. The lowest BCUT2D eigenvalue weighted by molar-refractivity contribution is -0.336. The van der Waals surface area contributed by atoms with Crippen molar-refractivity contribution in [2.24, 2.45) is 23.2 Å². The van der Waals surface area contributed by atoms with E-state index in [1.807, 2.05) is 13.0 Å². The van der Waals surface area contributed by atoms with Crippen molar-refractivity contribution in [2.75, 3.05) is 7.11 Å². The summed E-state index contributed by atoms with van der Waals surface area (Å²) in [5, 5.41) is 32.6. The smallest absolute Gasteiger partial charge is 0.336 e. The highest BCUT2D eigenvalue weighted by molar-refractivity contribution is 5.92. The van der Waals surface area contributed by atoms with Crippen molar-refractivity contribution >= 4 is 11.9 Å². The lowest BCUT2D eigenvalue weighted by atomic mass is 9.55. The van der Waals surface area contributed by atoms with Gasteiger partial charge in [-0.2, -0.15) is 0 Å². The molecule has 15 heteroatoms. The second-order valence-corrected chi connectivity index (χ2v) is 17.3. The lowest BCUT2D eigenvalue weighted by Crippen LogP contribution is -2.56. The summed E-state index contributed by atoms with van der Waals surface area (Å²) in [7, 11) is 1.53. The maximum Gasteiger partial charge on any atom is 0.336 e. The largest absolute Gasteiger partial charge is 0.435 e. The number of hydrogen-bond acceptors (Lipinski definition) is 15. The van der Waals surface area contributed by atoms with E-state index in [4.69, 9.17) is 47.4 Å². The van der Waals surface area contributed by atoms with E-state index in [0.29, 0.717) is 37.7 Å². The van der Waals surface area contributed by atoms with E-state index in [0.717, 1.165) is 12.8 Å². The molecule has 308 valence electrons. The van der Waals surface area contributed by atoms with Crippen molar-refractivity contribution in [3.05, 3.63) is 23.3 Å². The van der Waals surface area contributed by atoms with Gasteiger partial charge in [0, 0.05) is 45.3 Å². The van der Waals surface area contributed by atoms with Gasteiger partial charge in [-0.1, -0.05) is 24.6 Å². The standard InChI is InChI=1S/C40H58O15/c1-18-34(43)29(46-6)17-32(47-18)52-36-20(3)49-31(16-28(36)42)51-35-19(2)48-30(15-27(35)41)50-22-11-12-39(4)21(13-22)7-8-23-25(39)10-9-24-26-14-33(53-37(23)44)54-40(26,5)55-38(24)45/h7,9,18-20,22-23,25-36,41-43H,8,10-17H2,1-6H3/b24-9+/t18-,19+,20+,22-,23+,25-,26-,27+,28-,29+,30-,31-,32+,33?,34-,35+,36+,39-,40?/m0/s1. The molecule has 6 fully saturated rings. The van der Waals surface area contributed by atoms with Crippen LogP contribution in [0.15, 0.2) is 23.3 Å². The number of hydrogen-bond donors (Lipinski definition) is 3. The normalized spacial score (nSPS) is 52.2. The maximum absolute atomic E-state index is 13.6. The van der Waals surface area contributed by atoms with Crippen LogP contribution in [0.3, 0.4) is 0 Å². The Hall–Kier alpha value is -2.02. The van der Waals surface area contributed by atoms with Gasteiger partial charge in [0.25, 0.3) is 0 Å². The number of aliphatic hydroxyl groups excluding tert-OH is 3. The molecule has 15 nitrogen and oxygen atoms in total. The highest BCUT2D eigenvalue weighted by atomic mass is 16.8. The third-order valence-electron chi connectivity index (χ3n) is 13.8. The number of rotatable bonds is 7. The zero-order chi connectivity index (χ0) is 39.0. The van der Waals surface area contributed by atoms with Gasteiger partial charge < -0.3 is 58.0 Å². The Bertz CT molecular complexity index is 1490. The average molecular weight is 779 g/mol. The minimum absolute atomic E-state index is 0.0669. The first-order chi connectivity index (χ1) is 26.1. The molecule has 0 amide bonds. The topological polar surface area (TPSA) is 187 Å². The number of allylic oxidation sites excluding steroid dienone is 2. The van der Waals surface area contributed by atoms with Gasteiger partial charge in [-0.3, -0.25) is 9.53 Å². The molecular formula is C40H58O15. The molecule has 19 atom stereocenters. The van der Waals surface area contributed by atoms with E-state index in [1.165, 1.54) is 12.7 Å². The first kappa shape index (κ1) is 39.8. The molecule has 0 aromatic carbocycles. The fourth-order valence-corrected chi connectivity index (χ4v) is 10.6. The summed E-state index contributed by atoms with van der Waals surface area (Å²) < 4.78 is 59.9. The highest BCUT2D eigenvalue weighted by Gasteiger charge is 2.59. The molecule has 8 aliphatic rings. The van der Waals surface area contributed by atoms with Crippen molar-refractivity contribution in [2.45, 2.75) is 184 Å². The Morgan fingerprint density at radius 3 is 2.09 bits per heavy atom. The molecule has 0 aromatic heterocycles. The summed E-state index contributed by atoms with van der Waals surface area (Å²) in [6.07, 6.45) is -0.596. The molecule has 8 rings (SSSR count). The van der Waals surface area contributed by atoms with Crippen molar-refractivity contribution in [1.82, 2.24) is 0 Å². The fraction of sp³-hybridized carbons (Fsp3) is 0.850. The Kier molecular flexibility index (Phi) is 11.1. The van der Waals surface area contributed by atoms with Crippen molar-refractivity contribution < 1.29 is 72.3 Å². The zero-order valence-corrected chi connectivity index (χ0v) is 32.6. The molecule has 0 spiro atoms. The monoisotopic (exact) mass is 778 g/mol. The molecule has 0 radical (unpaired) electrons. The van der Waals surface area contributed by atoms with Crippen LogP contribution < -0.4 is 0 Å². The van der Waals surface area contributed by atoms with E-state index in [1.54, 1.807) is 20.8 Å². The van der Waals surface area contributed by atoms with Crippen LogP contribution in [0.5, 0.6) is 0 Å². The van der Waals surface area contributed by atoms with Gasteiger partial charge in [0.2, 0.25) is 12.1 Å². The highest BCUT2D eigenvalue weighted by Crippen LogP contribution is 2.56. The summed E-state index contributed by atoms with van der Waals surface area (Å²) in [4.78, 5) is 26.4. The third-order valence-corrected chi connectivity index (χ3v) is 13.8. The van der Waals surface area contributed by atoms with Crippen LogP contribution in [0.1, 0.15) is 92.4 Å². The zero-order valence-electron chi connectivity index (χ0n) is 32.6. The van der Waals surface area contributed by atoms with Crippen LogP contribution in [0, 0.1) is 23.2 Å². The van der Waals surface area contributed by atoms with Crippen LogP contribution in [0.25, 0.3) is 0 Å². The summed E-state index contributed by atoms with van der Waals surface area (Å²) >= 11 is 0. The molecule has 0 aromatic rings. The molecule has 5 saturated heterocycles. The Morgan fingerprint density at radius 1 is 0.800 bits per heavy atom. The van der Waals surface area contributed by atoms with Gasteiger partial charge in [-0.05, 0) is 64.2 Å². The van der Waals surface area contributed by atoms with E-state index >= 15 is 0 Å².